The van der Waals surface area contributed by atoms with Crippen LogP contribution in [0.15, 0.2) is 48.5 Å². The summed E-state index contributed by atoms with van der Waals surface area (Å²) in [5.74, 6) is 0.349. The number of benzene rings is 2. The van der Waals surface area contributed by atoms with E-state index in [0.29, 0.717) is 30.0 Å². The van der Waals surface area contributed by atoms with E-state index in [1.807, 2.05) is 6.07 Å². The van der Waals surface area contributed by atoms with Crippen molar-refractivity contribution in [1.29, 1.82) is 5.26 Å². The zero-order valence-corrected chi connectivity index (χ0v) is 12.2. The number of nitriles is 1. The molecule has 112 valence electrons. The lowest BCUT2D eigenvalue weighted by atomic mass is 10.2. The lowest BCUT2D eigenvalue weighted by molar-refractivity contribution is 0.0601. The Morgan fingerprint density at radius 3 is 2.68 bits per heavy atom. The van der Waals surface area contributed by atoms with E-state index in [1.165, 1.54) is 7.11 Å². The van der Waals surface area contributed by atoms with Crippen LogP contribution >= 0.6 is 0 Å². The van der Waals surface area contributed by atoms with Gasteiger partial charge in [-0.2, -0.15) is 5.26 Å². The number of rotatable bonds is 6. The molecule has 0 aromatic heterocycles. The predicted molar refractivity (Wildman–Crippen MR) is 82.9 cm³/mol. The highest BCUT2D eigenvalue weighted by Gasteiger charge is 2.05. The van der Waals surface area contributed by atoms with Crippen LogP contribution in [0.4, 0.5) is 5.69 Å². The summed E-state index contributed by atoms with van der Waals surface area (Å²) in [6.45, 7) is 1.05. The third kappa shape index (κ3) is 4.25. The molecule has 5 heteroatoms. The number of ether oxygens (including phenoxy) is 2. The molecule has 0 heterocycles. The number of hydrogen-bond donors (Lipinski definition) is 1. The molecule has 0 aliphatic heterocycles. The molecule has 2 aromatic rings. The van der Waals surface area contributed by atoms with Crippen LogP contribution in [0.25, 0.3) is 0 Å². The summed E-state index contributed by atoms with van der Waals surface area (Å²) < 4.78 is 10.2. The van der Waals surface area contributed by atoms with Crippen LogP contribution in [-0.2, 0) is 4.74 Å². The van der Waals surface area contributed by atoms with Gasteiger partial charge < -0.3 is 14.8 Å². The lowest BCUT2D eigenvalue weighted by Crippen LogP contribution is -2.12. The highest BCUT2D eigenvalue weighted by Crippen LogP contribution is 2.13. The van der Waals surface area contributed by atoms with Crippen molar-refractivity contribution in [2.75, 3.05) is 25.6 Å². The van der Waals surface area contributed by atoms with E-state index in [2.05, 4.69) is 16.1 Å². The van der Waals surface area contributed by atoms with Crippen LogP contribution in [0.1, 0.15) is 15.9 Å². The molecular formula is C17H16N2O3. The van der Waals surface area contributed by atoms with Crippen molar-refractivity contribution in [3.63, 3.8) is 0 Å². The number of carbonyl (C=O) groups is 1. The summed E-state index contributed by atoms with van der Waals surface area (Å²) >= 11 is 0. The van der Waals surface area contributed by atoms with Crippen LogP contribution < -0.4 is 10.1 Å². The molecule has 1 N–H and O–H groups in total. The van der Waals surface area contributed by atoms with Crippen molar-refractivity contribution in [3.8, 4) is 11.8 Å². The maximum Gasteiger partial charge on any atom is 0.337 e. The average molecular weight is 296 g/mol. The number of carbonyl (C=O) groups excluding carboxylic acids is 1. The highest BCUT2D eigenvalue weighted by molar-refractivity contribution is 5.90. The van der Waals surface area contributed by atoms with Crippen LogP contribution in [0.5, 0.6) is 5.75 Å². The van der Waals surface area contributed by atoms with E-state index in [-0.39, 0.29) is 5.97 Å². The van der Waals surface area contributed by atoms with Crippen molar-refractivity contribution < 1.29 is 14.3 Å². The van der Waals surface area contributed by atoms with Gasteiger partial charge in [0.15, 0.2) is 0 Å². The van der Waals surface area contributed by atoms with Crippen molar-refractivity contribution in [2.45, 2.75) is 0 Å². The first-order valence-electron chi connectivity index (χ1n) is 6.78. The Kier molecular flexibility index (Phi) is 5.38. The molecule has 0 aliphatic carbocycles. The quantitative estimate of drug-likeness (QED) is 0.655. The molecular weight excluding hydrogens is 280 g/mol. The second kappa shape index (κ2) is 7.70. The molecule has 0 saturated heterocycles. The zero-order valence-electron chi connectivity index (χ0n) is 12.2. The van der Waals surface area contributed by atoms with Gasteiger partial charge in [-0.15, -0.1) is 0 Å². The molecule has 0 amide bonds. The molecule has 0 atom stereocenters. The Hall–Kier alpha value is -3.00. The van der Waals surface area contributed by atoms with E-state index in [4.69, 9.17) is 10.00 Å². The summed E-state index contributed by atoms with van der Waals surface area (Å²) in [5.41, 5.74) is 1.93. The molecule has 2 aromatic carbocycles. The fraction of sp³-hybridized carbons (Fsp3) is 0.176. The standard InChI is InChI=1S/C17H16N2O3/c1-21-17(20)14-3-2-4-15(11-14)19-9-10-22-16-7-5-13(12-18)6-8-16/h2-8,11,19H,9-10H2,1H3. The summed E-state index contributed by atoms with van der Waals surface area (Å²) in [6.07, 6.45) is 0. The van der Waals surface area contributed by atoms with E-state index in [9.17, 15) is 4.79 Å². The fourth-order valence-corrected chi connectivity index (χ4v) is 1.86. The first-order valence-corrected chi connectivity index (χ1v) is 6.78. The van der Waals surface area contributed by atoms with E-state index in [0.717, 1.165) is 5.69 Å². The van der Waals surface area contributed by atoms with Gasteiger partial charge in [-0.3, -0.25) is 0 Å². The number of hydrogen-bond acceptors (Lipinski definition) is 5. The number of nitrogens with zero attached hydrogens (tertiary/aromatic N) is 1. The highest BCUT2D eigenvalue weighted by atomic mass is 16.5. The third-order valence-electron chi connectivity index (χ3n) is 2.97. The van der Waals surface area contributed by atoms with Gasteiger partial charge in [-0.25, -0.2) is 4.79 Å². The van der Waals surface area contributed by atoms with E-state index in [1.54, 1.807) is 42.5 Å². The number of methoxy groups -OCH3 is 1. The number of nitrogens with one attached hydrogen (secondary N) is 1. The predicted octanol–water partition coefficient (Wildman–Crippen LogP) is 2.84. The first-order chi connectivity index (χ1) is 10.7. The van der Waals surface area contributed by atoms with Crippen molar-refractivity contribution in [3.05, 3.63) is 59.7 Å². The Bertz CT molecular complexity index is 675. The topological polar surface area (TPSA) is 71.3 Å². The molecule has 0 spiro atoms. The van der Waals surface area contributed by atoms with Gasteiger partial charge in [-0.05, 0) is 42.5 Å². The first kappa shape index (κ1) is 15.4. The molecule has 0 aliphatic rings. The van der Waals surface area contributed by atoms with Gasteiger partial charge in [0.1, 0.15) is 12.4 Å². The summed E-state index contributed by atoms with van der Waals surface area (Å²) in [7, 11) is 1.36. The van der Waals surface area contributed by atoms with Crippen molar-refractivity contribution in [1.82, 2.24) is 0 Å². The Balaban J connectivity index is 1.81. The van der Waals surface area contributed by atoms with Gasteiger partial charge in [0.25, 0.3) is 0 Å². The molecule has 0 saturated carbocycles. The molecule has 2 rings (SSSR count). The fourth-order valence-electron chi connectivity index (χ4n) is 1.86. The summed E-state index contributed by atoms with van der Waals surface area (Å²) in [4.78, 5) is 11.4. The van der Waals surface area contributed by atoms with Crippen molar-refractivity contribution >= 4 is 11.7 Å². The lowest BCUT2D eigenvalue weighted by Gasteiger charge is -2.09. The Morgan fingerprint density at radius 1 is 1.23 bits per heavy atom. The maximum absolute atomic E-state index is 11.4. The minimum Gasteiger partial charge on any atom is -0.492 e. The van der Waals surface area contributed by atoms with Crippen molar-refractivity contribution in [2.24, 2.45) is 0 Å². The maximum atomic E-state index is 11.4. The largest absolute Gasteiger partial charge is 0.492 e. The second-order valence-electron chi connectivity index (χ2n) is 4.48. The number of esters is 1. The van der Waals surface area contributed by atoms with Crippen LogP contribution in [-0.4, -0.2) is 26.2 Å². The number of anilines is 1. The van der Waals surface area contributed by atoms with Gasteiger partial charge in [0.05, 0.1) is 24.3 Å². The van der Waals surface area contributed by atoms with Crippen LogP contribution in [0, 0.1) is 11.3 Å². The Morgan fingerprint density at radius 2 is 2.00 bits per heavy atom. The third-order valence-corrected chi connectivity index (χ3v) is 2.97. The van der Waals surface area contributed by atoms with Crippen LogP contribution in [0.3, 0.4) is 0 Å². The monoisotopic (exact) mass is 296 g/mol. The van der Waals surface area contributed by atoms with E-state index < -0.39 is 0 Å². The zero-order chi connectivity index (χ0) is 15.8. The van der Waals surface area contributed by atoms with Gasteiger partial charge >= 0.3 is 5.97 Å². The van der Waals surface area contributed by atoms with Gasteiger partial charge in [0, 0.05) is 12.2 Å². The van der Waals surface area contributed by atoms with Gasteiger partial charge in [-0.1, -0.05) is 6.07 Å². The minimum atomic E-state index is -0.363. The average Bonchev–Trinajstić information content (AvgIpc) is 2.59. The molecule has 0 radical (unpaired) electrons. The molecule has 0 fully saturated rings. The normalized spacial score (nSPS) is 9.64. The van der Waals surface area contributed by atoms with Gasteiger partial charge in [0.2, 0.25) is 0 Å². The molecule has 5 nitrogen and oxygen atoms in total. The molecule has 0 bridgehead atoms. The molecule has 22 heavy (non-hydrogen) atoms. The molecule has 0 unspecified atom stereocenters. The van der Waals surface area contributed by atoms with Crippen LogP contribution in [0.2, 0.25) is 0 Å². The van der Waals surface area contributed by atoms with E-state index >= 15 is 0 Å². The smallest absolute Gasteiger partial charge is 0.337 e. The minimum absolute atomic E-state index is 0.363. The summed E-state index contributed by atoms with van der Waals surface area (Å²) in [6, 6.07) is 16.1. The Labute approximate surface area is 129 Å². The second-order valence-corrected chi connectivity index (χ2v) is 4.48. The summed E-state index contributed by atoms with van der Waals surface area (Å²) in [5, 5.41) is 11.9. The SMILES string of the molecule is COC(=O)c1cccc(NCCOc2ccc(C#N)cc2)c1.